The van der Waals surface area contributed by atoms with Gasteiger partial charge in [-0.2, -0.15) is 0 Å². The first kappa shape index (κ1) is 18.4. The third kappa shape index (κ3) is 4.41. The van der Waals surface area contributed by atoms with Gasteiger partial charge in [0.1, 0.15) is 0 Å². The minimum Gasteiger partial charge on any atom is -0.372 e. The molecule has 0 spiro atoms. The Kier molecular flexibility index (Phi) is 5.89. The van der Waals surface area contributed by atoms with E-state index < -0.39 is 0 Å². The Labute approximate surface area is 154 Å². The summed E-state index contributed by atoms with van der Waals surface area (Å²) in [6.07, 6.45) is 2.32. The third-order valence-electron chi connectivity index (χ3n) is 5.22. The number of hydrogen-bond acceptors (Lipinski definition) is 4. The normalized spacial score (nSPS) is 18.1. The van der Waals surface area contributed by atoms with Gasteiger partial charge in [0.2, 0.25) is 0 Å². The standard InChI is InChI=1S/C21H26N2O3/c1-3-16(2)18-6-4-17(5-7-18)15-26-21-12-13-22(14-21)19-8-10-20(11-9-19)23(24)25/h4-11,16,21H,3,12-15H2,1-2H3. The number of nitro groups is 1. The van der Waals surface area contributed by atoms with Gasteiger partial charge in [0.05, 0.1) is 17.6 Å². The molecule has 2 unspecified atom stereocenters. The lowest BCUT2D eigenvalue weighted by molar-refractivity contribution is -0.384. The average Bonchev–Trinajstić information content (AvgIpc) is 3.15. The molecule has 26 heavy (non-hydrogen) atoms. The zero-order valence-electron chi connectivity index (χ0n) is 15.4. The molecule has 1 heterocycles. The van der Waals surface area contributed by atoms with Crippen molar-refractivity contribution in [2.75, 3.05) is 18.0 Å². The van der Waals surface area contributed by atoms with Gasteiger partial charge in [0, 0.05) is 30.9 Å². The molecule has 0 saturated carbocycles. The summed E-state index contributed by atoms with van der Waals surface area (Å²) in [6.45, 7) is 6.81. The number of hydrogen-bond donors (Lipinski definition) is 0. The minimum absolute atomic E-state index is 0.126. The largest absolute Gasteiger partial charge is 0.372 e. The second-order valence-corrected chi connectivity index (χ2v) is 6.99. The number of benzene rings is 2. The van der Waals surface area contributed by atoms with Gasteiger partial charge in [-0.05, 0) is 42.0 Å². The highest BCUT2D eigenvalue weighted by molar-refractivity contribution is 5.51. The van der Waals surface area contributed by atoms with Crippen LogP contribution in [0, 0.1) is 10.1 Å². The van der Waals surface area contributed by atoms with Crippen molar-refractivity contribution in [1.82, 2.24) is 0 Å². The number of anilines is 1. The van der Waals surface area contributed by atoms with E-state index in [-0.39, 0.29) is 16.7 Å². The van der Waals surface area contributed by atoms with Crippen LogP contribution in [-0.4, -0.2) is 24.1 Å². The van der Waals surface area contributed by atoms with Gasteiger partial charge in [0.25, 0.3) is 5.69 Å². The molecule has 2 aromatic rings. The fourth-order valence-corrected chi connectivity index (χ4v) is 3.28. The fourth-order valence-electron chi connectivity index (χ4n) is 3.28. The lowest BCUT2D eigenvalue weighted by atomic mass is 9.98. The Hall–Kier alpha value is -2.40. The summed E-state index contributed by atoms with van der Waals surface area (Å²) in [5.74, 6) is 0.593. The second kappa shape index (κ2) is 8.32. The summed E-state index contributed by atoms with van der Waals surface area (Å²) in [7, 11) is 0. The second-order valence-electron chi connectivity index (χ2n) is 6.99. The molecule has 0 aromatic heterocycles. The molecule has 0 radical (unpaired) electrons. The van der Waals surface area contributed by atoms with Gasteiger partial charge < -0.3 is 9.64 Å². The van der Waals surface area contributed by atoms with Crippen LogP contribution in [0.25, 0.3) is 0 Å². The van der Waals surface area contributed by atoms with Gasteiger partial charge in [-0.25, -0.2) is 0 Å². The van der Waals surface area contributed by atoms with Crippen LogP contribution in [0.4, 0.5) is 11.4 Å². The molecule has 3 rings (SSSR count). The first-order valence-corrected chi connectivity index (χ1v) is 9.26. The zero-order valence-corrected chi connectivity index (χ0v) is 15.4. The van der Waals surface area contributed by atoms with Crippen LogP contribution in [-0.2, 0) is 11.3 Å². The number of nitro benzene ring substituents is 1. The minimum atomic E-state index is -0.369. The zero-order chi connectivity index (χ0) is 18.5. The van der Waals surface area contributed by atoms with Crippen LogP contribution in [0.15, 0.2) is 48.5 Å². The number of nitrogens with zero attached hydrogens (tertiary/aromatic N) is 2. The molecular formula is C21H26N2O3. The van der Waals surface area contributed by atoms with Gasteiger partial charge >= 0.3 is 0 Å². The van der Waals surface area contributed by atoms with E-state index in [2.05, 4.69) is 43.0 Å². The quantitative estimate of drug-likeness (QED) is 0.524. The van der Waals surface area contributed by atoms with Gasteiger partial charge in [-0.15, -0.1) is 0 Å². The topological polar surface area (TPSA) is 55.6 Å². The van der Waals surface area contributed by atoms with Crippen LogP contribution >= 0.6 is 0 Å². The highest BCUT2D eigenvalue weighted by atomic mass is 16.6. The molecule has 0 aliphatic carbocycles. The molecule has 2 atom stereocenters. The summed E-state index contributed by atoms with van der Waals surface area (Å²) in [4.78, 5) is 12.6. The maximum atomic E-state index is 10.8. The van der Waals surface area contributed by atoms with E-state index in [4.69, 9.17) is 4.74 Å². The molecular weight excluding hydrogens is 328 g/mol. The van der Waals surface area contributed by atoms with Crippen LogP contribution < -0.4 is 4.90 Å². The summed E-state index contributed by atoms with van der Waals surface area (Å²) < 4.78 is 6.08. The molecule has 2 aromatic carbocycles. The molecule has 1 fully saturated rings. The fraction of sp³-hybridized carbons (Fsp3) is 0.429. The van der Waals surface area contributed by atoms with E-state index in [1.54, 1.807) is 12.1 Å². The summed E-state index contributed by atoms with van der Waals surface area (Å²) in [6, 6.07) is 15.5. The third-order valence-corrected chi connectivity index (χ3v) is 5.22. The molecule has 1 aliphatic heterocycles. The average molecular weight is 354 g/mol. The predicted molar refractivity (Wildman–Crippen MR) is 104 cm³/mol. The summed E-state index contributed by atoms with van der Waals surface area (Å²) in [5.41, 5.74) is 3.72. The SMILES string of the molecule is CCC(C)c1ccc(COC2CCN(c3ccc([N+](=O)[O-])cc3)C2)cc1. The molecule has 138 valence electrons. The van der Waals surface area contributed by atoms with Crippen molar-refractivity contribution in [3.63, 3.8) is 0 Å². The lowest BCUT2D eigenvalue weighted by Crippen LogP contribution is -2.22. The highest BCUT2D eigenvalue weighted by Crippen LogP contribution is 2.25. The van der Waals surface area contributed by atoms with Crippen LogP contribution in [0.3, 0.4) is 0 Å². The van der Waals surface area contributed by atoms with Crippen molar-refractivity contribution in [1.29, 1.82) is 0 Å². The van der Waals surface area contributed by atoms with Crippen molar-refractivity contribution >= 4 is 11.4 Å². The maximum absolute atomic E-state index is 10.8. The van der Waals surface area contributed by atoms with Crippen molar-refractivity contribution in [2.24, 2.45) is 0 Å². The number of non-ortho nitro benzene ring substituents is 1. The summed E-state index contributed by atoms with van der Waals surface area (Å²) >= 11 is 0. The molecule has 0 bridgehead atoms. The Bertz CT molecular complexity index is 728. The van der Waals surface area contributed by atoms with Crippen molar-refractivity contribution < 1.29 is 9.66 Å². The van der Waals surface area contributed by atoms with Crippen LogP contribution in [0.2, 0.25) is 0 Å². The van der Waals surface area contributed by atoms with E-state index >= 15 is 0 Å². The molecule has 1 aliphatic rings. The van der Waals surface area contributed by atoms with E-state index in [9.17, 15) is 10.1 Å². The number of rotatable bonds is 7. The van der Waals surface area contributed by atoms with E-state index in [0.717, 1.165) is 31.6 Å². The Morgan fingerprint density at radius 2 is 1.88 bits per heavy atom. The smallest absolute Gasteiger partial charge is 0.269 e. The van der Waals surface area contributed by atoms with Crippen LogP contribution in [0.5, 0.6) is 0 Å². The molecule has 5 nitrogen and oxygen atoms in total. The predicted octanol–water partition coefficient (Wildman–Crippen LogP) is 4.90. The van der Waals surface area contributed by atoms with E-state index in [1.165, 1.54) is 11.1 Å². The van der Waals surface area contributed by atoms with Crippen LogP contribution in [0.1, 0.15) is 43.7 Å². The molecule has 0 amide bonds. The number of ether oxygens (including phenoxy) is 1. The molecule has 0 N–H and O–H groups in total. The maximum Gasteiger partial charge on any atom is 0.269 e. The van der Waals surface area contributed by atoms with E-state index in [1.807, 2.05) is 12.1 Å². The van der Waals surface area contributed by atoms with Gasteiger partial charge in [0.15, 0.2) is 0 Å². The molecule has 1 saturated heterocycles. The Morgan fingerprint density at radius 3 is 2.50 bits per heavy atom. The Morgan fingerprint density at radius 1 is 1.19 bits per heavy atom. The van der Waals surface area contributed by atoms with Crippen molar-refractivity contribution in [3.05, 3.63) is 69.8 Å². The first-order valence-electron chi connectivity index (χ1n) is 9.26. The first-order chi connectivity index (χ1) is 12.6. The van der Waals surface area contributed by atoms with E-state index in [0.29, 0.717) is 12.5 Å². The molecule has 5 heteroatoms. The lowest BCUT2D eigenvalue weighted by Gasteiger charge is -2.18. The Balaban J connectivity index is 1.50. The highest BCUT2D eigenvalue weighted by Gasteiger charge is 2.23. The van der Waals surface area contributed by atoms with Gasteiger partial charge in [-0.3, -0.25) is 10.1 Å². The van der Waals surface area contributed by atoms with Crippen molar-refractivity contribution in [2.45, 2.75) is 45.3 Å². The van der Waals surface area contributed by atoms with Gasteiger partial charge in [-0.1, -0.05) is 38.1 Å². The summed E-state index contributed by atoms with van der Waals surface area (Å²) in [5, 5.41) is 10.8. The monoisotopic (exact) mass is 354 g/mol. The van der Waals surface area contributed by atoms with Crippen molar-refractivity contribution in [3.8, 4) is 0 Å².